The van der Waals surface area contributed by atoms with Gasteiger partial charge in [-0.3, -0.25) is 4.79 Å². The third-order valence-corrected chi connectivity index (χ3v) is 2.56. The Kier molecular flexibility index (Phi) is 5.93. The van der Waals surface area contributed by atoms with Gasteiger partial charge in [0.15, 0.2) is 0 Å². The Morgan fingerprint density at radius 1 is 1.47 bits per heavy atom. The lowest BCUT2D eigenvalue weighted by atomic mass is 10.1. The van der Waals surface area contributed by atoms with Crippen molar-refractivity contribution >= 4 is 11.6 Å². The lowest BCUT2D eigenvalue weighted by Gasteiger charge is -2.10. The zero-order valence-electron chi connectivity index (χ0n) is 11.7. The van der Waals surface area contributed by atoms with Crippen LogP contribution in [0.25, 0.3) is 0 Å². The van der Waals surface area contributed by atoms with Crippen LogP contribution in [0, 0.1) is 0 Å². The highest BCUT2D eigenvalue weighted by atomic mass is 16.5. The van der Waals surface area contributed by atoms with E-state index in [4.69, 9.17) is 10.5 Å². The molecule has 1 aromatic carbocycles. The quantitative estimate of drug-likeness (QED) is 0.451. The predicted octanol–water partition coefficient (Wildman–Crippen LogP) is 2.75. The van der Waals surface area contributed by atoms with Crippen LogP contribution in [0.4, 0.5) is 5.69 Å². The number of nitrogens with two attached hydrogens (primary N) is 1. The summed E-state index contributed by atoms with van der Waals surface area (Å²) in [4.78, 5) is 11.8. The SMILES string of the molecule is C=C(C)COc1ccc(C(=O)NCCCC)cc1N. The molecule has 0 saturated carbocycles. The largest absolute Gasteiger partial charge is 0.487 e. The molecule has 3 N–H and O–H groups in total. The van der Waals surface area contributed by atoms with Crippen LogP contribution in [-0.2, 0) is 0 Å². The number of ether oxygens (including phenoxy) is 1. The van der Waals surface area contributed by atoms with Crippen molar-refractivity contribution in [1.82, 2.24) is 5.32 Å². The van der Waals surface area contributed by atoms with E-state index >= 15 is 0 Å². The van der Waals surface area contributed by atoms with Crippen molar-refractivity contribution in [3.8, 4) is 5.75 Å². The third kappa shape index (κ3) is 5.04. The molecule has 4 nitrogen and oxygen atoms in total. The van der Waals surface area contributed by atoms with Gasteiger partial charge < -0.3 is 15.8 Å². The normalized spacial score (nSPS) is 10.0. The molecule has 0 spiro atoms. The molecule has 0 aliphatic heterocycles. The molecule has 0 saturated heterocycles. The van der Waals surface area contributed by atoms with E-state index in [1.165, 1.54) is 0 Å². The van der Waals surface area contributed by atoms with Gasteiger partial charge in [-0.2, -0.15) is 0 Å². The maximum Gasteiger partial charge on any atom is 0.251 e. The van der Waals surface area contributed by atoms with Gasteiger partial charge >= 0.3 is 0 Å². The van der Waals surface area contributed by atoms with Gasteiger partial charge in [-0.05, 0) is 37.1 Å². The van der Waals surface area contributed by atoms with Crippen LogP contribution in [0.3, 0.4) is 0 Å². The highest BCUT2D eigenvalue weighted by Gasteiger charge is 2.08. The van der Waals surface area contributed by atoms with E-state index in [1.807, 2.05) is 6.92 Å². The van der Waals surface area contributed by atoms with Crippen LogP contribution in [-0.4, -0.2) is 19.1 Å². The Hall–Kier alpha value is -1.97. The Bertz CT molecular complexity index is 455. The monoisotopic (exact) mass is 262 g/mol. The van der Waals surface area contributed by atoms with Crippen molar-refractivity contribution in [2.24, 2.45) is 0 Å². The van der Waals surface area contributed by atoms with E-state index in [0.29, 0.717) is 30.2 Å². The first-order valence-electron chi connectivity index (χ1n) is 6.49. The van der Waals surface area contributed by atoms with Gasteiger partial charge in [-0.25, -0.2) is 0 Å². The van der Waals surface area contributed by atoms with Crippen LogP contribution >= 0.6 is 0 Å². The molecule has 0 aliphatic carbocycles. The fourth-order valence-electron chi connectivity index (χ4n) is 1.50. The standard InChI is InChI=1S/C15H22N2O2/c1-4-5-8-17-15(18)12-6-7-14(13(16)9-12)19-10-11(2)3/h6-7,9H,2,4-5,8,10,16H2,1,3H3,(H,17,18). The number of unbranched alkanes of at least 4 members (excludes halogenated alkanes) is 1. The fraction of sp³-hybridized carbons (Fsp3) is 0.400. The Labute approximate surface area is 114 Å². The first-order valence-corrected chi connectivity index (χ1v) is 6.49. The van der Waals surface area contributed by atoms with Crippen LogP contribution in [0.15, 0.2) is 30.4 Å². The van der Waals surface area contributed by atoms with Gasteiger partial charge in [0.05, 0.1) is 5.69 Å². The van der Waals surface area contributed by atoms with Crippen molar-refractivity contribution in [3.63, 3.8) is 0 Å². The molecule has 1 aromatic rings. The Morgan fingerprint density at radius 2 is 2.21 bits per heavy atom. The highest BCUT2D eigenvalue weighted by molar-refractivity contribution is 5.95. The predicted molar refractivity (Wildman–Crippen MR) is 78.4 cm³/mol. The van der Waals surface area contributed by atoms with E-state index in [2.05, 4.69) is 18.8 Å². The number of hydrogen-bond acceptors (Lipinski definition) is 3. The molecule has 0 aliphatic rings. The smallest absolute Gasteiger partial charge is 0.251 e. The van der Waals surface area contributed by atoms with E-state index < -0.39 is 0 Å². The summed E-state index contributed by atoms with van der Waals surface area (Å²) in [5.74, 6) is 0.472. The number of benzene rings is 1. The maximum atomic E-state index is 11.8. The van der Waals surface area contributed by atoms with Crippen LogP contribution < -0.4 is 15.8 Å². The number of nitrogen functional groups attached to an aromatic ring is 1. The van der Waals surface area contributed by atoms with E-state index in [-0.39, 0.29) is 5.91 Å². The second-order valence-electron chi connectivity index (χ2n) is 4.61. The van der Waals surface area contributed by atoms with Gasteiger partial charge in [0, 0.05) is 12.1 Å². The molecule has 19 heavy (non-hydrogen) atoms. The molecule has 0 unspecified atom stereocenters. The number of amides is 1. The molecular formula is C15H22N2O2. The second-order valence-corrected chi connectivity index (χ2v) is 4.61. The molecule has 4 heteroatoms. The van der Waals surface area contributed by atoms with E-state index in [0.717, 1.165) is 18.4 Å². The summed E-state index contributed by atoms with van der Waals surface area (Å²) in [5, 5.41) is 2.85. The van der Waals surface area contributed by atoms with Crippen molar-refractivity contribution in [2.75, 3.05) is 18.9 Å². The van der Waals surface area contributed by atoms with Crippen molar-refractivity contribution in [3.05, 3.63) is 35.9 Å². The number of rotatable bonds is 7. The molecule has 1 rings (SSSR count). The molecule has 0 atom stereocenters. The first kappa shape index (κ1) is 15.1. The van der Waals surface area contributed by atoms with Crippen LogP contribution in [0.5, 0.6) is 5.75 Å². The van der Waals surface area contributed by atoms with Gasteiger partial charge in [0.1, 0.15) is 12.4 Å². The summed E-state index contributed by atoms with van der Waals surface area (Å²) in [6.07, 6.45) is 2.02. The Balaban J connectivity index is 2.65. The second kappa shape index (κ2) is 7.46. The maximum absolute atomic E-state index is 11.8. The molecule has 1 amide bonds. The van der Waals surface area contributed by atoms with E-state index in [9.17, 15) is 4.79 Å². The lowest BCUT2D eigenvalue weighted by molar-refractivity contribution is 0.0953. The molecule has 0 aromatic heterocycles. The molecular weight excluding hydrogens is 240 g/mol. The Morgan fingerprint density at radius 3 is 2.79 bits per heavy atom. The van der Waals surface area contributed by atoms with Crippen molar-refractivity contribution < 1.29 is 9.53 Å². The molecule has 0 heterocycles. The van der Waals surface area contributed by atoms with Gasteiger partial charge in [-0.1, -0.05) is 19.9 Å². The number of anilines is 1. The molecule has 0 radical (unpaired) electrons. The zero-order valence-corrected chi connectivity index (χ0v) is 11.7. The van der Waals surface area contributed by atoms with Gasteiger partial charge in [0.25, 0.3) is 5.91 Å². The number of carbonyl (C=O) groups is 1. The minimum atomic E-state index is -0.105. The molecule has 0 fully saturated rings. The minimum absolute atomic E-state index is 0.105. The summed E-state index contributed by atoms with van der Waals surface area (Å²) in [6, 6.07) is 5.06. The molecule has 104 valence electrons. The van der Waals surface area contributed by atoms with Gasteiger partial charge in [0.2, 0.25) is 0 Å². The fourth-order valence-corrected chi connectivity index (χ4v) is 1.50. The number of hydrogen-bond donors (Lipinski definition) is 2. The average Bonchev–Trinajstić information content (AvgIpc) is 2.37. The number of carbonyl (C=O) groups excluding carboxylic acids is 1. The van der Waals surface area contributed by atoms with Gasteiger partial charge in [-0.15, -0.1) is 0 Å². The van der Waals surface area contributed by atoms with Crippen LogP contribution in [0.2, 0.25) is 0 Å². The summed E-state index contributed by atoms with van der Waals surface area (Å²) >= 11 is 0. The third-order valence-electron chi connectivity index (χ3n) is 2.56. The van der Waals surface area contributed by atoms with Crippen molar-refractivity contribution in [1.29, 1.82) is 0 Å². The average molecular weight is 262 g/mol. The molecule has 0 bridgehead atoms. The first-order chi connectivity index (χ1) is 9.04. The highest BCUT2D eigenvalue weighted by Crippen LogP contribution is 2.22. The summed E-state index contributed by atoms with van der Waals surface area (Å²) in [5.41, 5.74) is 7.80. The summed E-state index contributed by atoms with van der Waals surface area (Å²) < 4.78 is 5.48. The lowest BCUT2D eigenvalue weighted by Crippen LogP contribution is -2.24. The number of nitrogens with one attached hydrogen (secondary N) is 1. The topological polar surface area (TPSA) is 64.3 Å². The summed E-state index contributed by atoms with van der Waals surface area (Å²) in [6.45, 7) is 8.83. The van der Waals surface area contributed by atoms with Crippen LogP contribution in [0.1, 0.15) is 37.0 Å². The van der Waals surface area contributed by atoms with E-state index in [1.54, 1.807) is 18.2 Å². The minimum Gasteiger partial charge on any atom is -0.487 e. The van der Waals surface area contributed by atoms with Crippen molar-refractivity contribution in [2.45, 2.75) is 26.7 Å². The summed E-state index contributed by atoms with van der Waals surface area (Å²) in [7, 11) is 0. The zero-order chi connectivity index (χ0) is 14.3.